The fourth-order valence-corrected chi connectivity index (χ4v) is 2.01. The number of hydrogen-bond donors (Lipinski definition) is 1. The lowest BCUT2D eigenvalue weighted by atomic mass is 10.1. The van der Waals surface area contributed by atoms with Gasteiger partial charge in [-0.15, -0.1) is 5.10 Å². The van der Waals surface area contributed by atoms with E-state index in [9.17, 15) is 9.65 Å². The summed E-state index contributed by atoms with van der Waals surface area (Å²) in [5.74, 6) is 0.182. The highest BCUT2D eigenvalue weighted by Gasteiger charge is 2.14. The molecule has 5 heteroatoms. The fourth-order valence-electron chi connectivity index (χ4n) is 2.01. The lowest BCUT2D eigenvalue weighted by Crippen LogP contribution is -2.12. The van der Waals surface area contributed by atoms with Crippen molar-refractivity contribution >= 4 is 5.82 Å². The van der Waals surface area contributed by atoms with Crippen molar-refractivity contribution in [3.05, 3.63) is 52.0 Å². The highest BCUT2D eigenvalue weighted by atomic mass is 19.1. The number of hydrogen-bond acceptors (Lipinski definition) is 4. The van der Waals surface area contributed by atoms with Crippen molar-refractivity contribution in [3.63, 3.8) is 0 Å². The van der Waals surface area contributed by atoms with E-state index in [1.807, 2.05) is 26.8 Å². The van der Waals surface area contributed by atoms with Crippen molar-refractivity contribution in [1.29, 1.82) is 5.26 Å². The molecule has 0 radical (unpaired) electrons. The Morgan fingerprint density at radius 2 is 1.95 bits per heavy atom. The second kappa shape index (κ2) is 5.88. The van der Waals surface area contributed by atoms with Crippen LogP contribution in [0.1, 0.15) is 40.9 Å². The standard InChI is InChI=1S/C16H17FN4/c1-9-5-6-13(7-15(9)17)12(4)19-16-14(8-18)10(2)11(3)20-21-16/h5-7,12H,1-4H3,(H,19,21). The molecule has 0 saturated carbocycles. The van der Waals surface area contributed by atoms with Gasteiger partial charge in [0.05, 0.1) is 11.7 Å². The van der Waals surface area contributed by atoms with E-state index < -0.39 is 0 Å². The van der Waals surface area contributed by atoms with Gasteiger partial charge in [0, 0.05) is 0 Å². The number of nitrogens with one attached hydrogen (secondary N) is 1. The van der Waals surface area contributed by atoms with E-state index in [-0.39, 0.29) is 11.9 Å². The summed E-state index contributed by atoms with van der Waals surface area (Å²) in [6.45, 7) is 7.26. The number of aryl methyl sites for hydroxylation is 2. The first kappa shape index (κ1) is 14.9. The molecule has 2 aromatic rings. The Bertz CT molecular complexity index is 719. The van der Waals surface area contributed by atoms with Crippen LogP contribution < -0.4 is 5.32 Å². The summed E-state index contributed by atoms with van der Waals surface area (Å²) in [5.41, 5.74) is 3.40. The molecular weight excluding hydrogens is 267 g/mol. The monoisotopic (exact) mass is 284 g/mol. The lowest BCUT2D eigenvalue weighted by molar-refractivity contribution is 0.614. The zero-order valence-corrected chi connectivity index (χ0v) is 12.5. The molecule has 0 amide bonds. The minimum Gasteiger partial charge on any atom is -0.361 e. The first-order valence-electron chi connectivity index (χ1n) is 6.70. The van der Waals surface area contributed by atoms with Crippen LogP contribution in [-0.2, 0) is 0 Å². The molecule has 1 unspecified atom stereocenters. The van der Waals surface area contributed by atoms with Gasteiger partial charge in [-0.1, -0.05) is 12.1 Å². The van der Waals surface area contributed by atoms with Crippen LogP contribution in [0.2, 0.25) is 0 Å². The molecule has 1 aromatic carbocycles. The summed E-state index contributed by atoms with van der Waals surface area (Å²) in [6, 6.07) is 7.05. The minimum absolute atomic E-state index is 0.177. The highest BCUT2D eigenvalue weighted by molar-refractivity contribution is 5.56. The second-order valence-corrected chi connectivity index (χ2v) is 5.12. The van der Waals surface area contributed by atoms with Gasteiger partial charge in [-0.2, -0.15) is 10.4 Å². The summed E-state index contributed by atoms with van der Waals surface area (Å²) in [7, 11) is 0. The molecule has 0 aliphatic carbocycles. The molecule has 1 atom stereocenters. The van der Waals surface area contributed by atoms with Crippen LogP contribution in [0, 0.1) is 37.9 Å². The number of nitriles is 1. The van der Waals surface area contributed by atoms with Gasteiger partial charge in [0.2, 0.25) is 0 Å². The van der Waals surface area contributed by atoms with Crippen molar-refractivity contribution in [1.82, 2.24) is 10.2 Å². The van der Waals surface area contributed by atoms with Gasteiger partial charge in [-0.25, -0.2) is 4.39 Å². The van der Waals surface area contributed by atoms with E-state index in [0.29, 0.717) is 16.9 Å². The Kier molecular flexibility index (Phi) is 4.18. The molecule has 0 saturated heterocycles. The third kappa shape index (κ3) is 3.00. The van der Waals surface area contributed by atoms with E-state index in [2.05, 4.69) is 21.6 Å². The molecule has 0 aliphatic heterocycles. The zero-order valence-electron chi connectivity index (χ0n) is 12.5. The second-order valence-electron chi connectivity index (χ2n) is 5.12. The number of halogens is 1. The minimum atomic E-state index is -0.243. The van der Waals surface area contributed by atoms with Crippen molar-refractivity contribution in [2.75, 3.05) is 5.32 Å². The molecule has 0 fully saturated rings. The van der Waals surface area contributed by atoms with Crippen LogP contribution in [-0.4, -0.2) is 10.2 Å². The van der Waals surface area contributed by atoms with Crippen molar-refractivity contribution in [3.8, 4) is 6.07 Å². The fraction of sp³-hybridized carbons (Fsp3) is 0.312. The molecule has 0 bridgehead atoms. The lowest BCUT2D eigenvalue weighted by Gasteiger charge is -2.17. The van der Waals surface area contributed by atoms with E-state index in [0.717, 1.165) is 16.8 Å². The summed E-state index contributed by atoms with van der Waals surface area (Å²) in [4.78, 5) is 0. The van der Waals surface area contributed by atoms with Crippen LogP contribution in [0.25, 0.3) is 0 Å². The number of anilines is 1. The molecule has 21 heavy (non-hydrogen) atoms. The number of benzene rings is 1. The Hall–Kier alpha value is -2.48. The van der Waals surface area contributed by atoms with Gasteiger partial charge in [-0.3, -0.25) is 0 Å². The Morgan fingerprint density at radius 3 is 2.57 bits per heavy atom. The largest absolute Gasteiger partial charge is 0.361 e. The molecule has 1 N–H and O–H groups in total. The van der Waals surface area contributed by atoms with Crippen LogP contribution in [0.3, 0.4) is 0 Å². The number of nitrogens with zero attached hydrogens (tertiary/aromatic N) is 3. The predicted molar refractivity (Wildman–Crippen MR) is 79.4 cm³/mol. The average molecular weight is 284 g/mol. The molecule has 0 aliphatic rings. The van der Waals surface area contributed by atoms with Gasteiger partial charge >= 0.3 is 0 Å². The van der Waals surface area contributed by atoms with E-state index in [4.69, 9.17) is 0 Å². The highest BCUT2D eigenvalue weighted by Crippen LogP contribution is 2.23. The summed E-state index contributed by atoms with van der Waals surface area (Å²) in [6.07, 6.45) is 0. The van der Waals surface area contributed by atoms with E-state index in [1.54, 1.807) is 13.0 Å². The van der Waals surface area contributed by atoms with Gasteiger partial charge in [0.1, 0.15) is 17.4 Å². The van der Waals surface area contributed by atoms with Crippen LogP contribution in [0.15, 0.2) is 18.2 Å². The van der Waals surface area contributed by atoms with Crippen molar-refractivity contribution in [2.24, 2.45) is 0 Å². The van der Waals surface area contributed by atoms with Crippen LogP contribution >= 0.6 is 0 Å². The molecule has 1 heterocycles. The molecule has 1 aromatic heterocycles. The maximum Gasteiger partial charge on any atom is 0.167 e. The Balaban J connectivity index is 2.32. The zero-order chi connectivity index (χ0) is 15.6. The summed E-state index contributed by atoms with van der Waals surface area (Å²) in [5, 5.41) is 20.5. The normalized spacial score (nSPS) is 11.8. The third-order valence-corrected chi connectivity index (χ3v) is 3.62. The first-order chi connectivity index (χ1) is 9.93. The molecule has 2 rings (SSSR count). The van der Waals surface area contributed by atoms with Crippen molar-refractivity contribution < 1.29 is 4.39 Å². The quantitative estimate of drug-likeness (QED) is 0.935. The van der Waals surface area contributed by atoms with E-state index in [1.165, 1.54) is 6.07 Å². The van der Waals surface area contributed by atoms with Crippen LogP contribution in [0.4, 0.5) is 10.2 Å². The summed E-state index contributed by atoms with van der Waals surface area (Å²) >= 11 is 0. The van der Waals surface area contributed by atoms with Crippen LogP contribution in [0.5, 0.6) is 0 Å². The summed E-state index contributed by atoms with van der Waals surface area (Å²) < 4.78 is 13.6. The smallest absolute Gasteiger partial charge is 0.167 e. The van der Waals surface area contributed by atoms with Gasteiger partial charge < -0.3 is 5.32 Å². The topological polar surface area (TPSA) is 61.6 Å². The molecule has 108 valence electrons. The van der Waals surface area contributed by atoms with Crippen molar-refractivity contribution in [2.45, 2.75) is 33.7 Å². The molecule has 0 spiro atoms. The maximum atomic E-state index is 13.6. The maximum absolute atomic E-state index is 13.6. The number of aromatic nitrogens is 2. The van der Waals surface area contributed by atoms with Gasteiger partial charge in [0.15, 0.2) is 5.82 Å². The SMILES string of the molecule is Cc1ccc(C(C)Nc2nnc(C)c(C)c2C#N)cc1F. The Morgan fingerprint density at radius 1 is 1.24 bits per heavy atom. The number of rotatable bonds is 3. The van der Waals surface area contributed by atoms with E-state index >= 15 is 0 Å². The first-order valence-corrected chi connectivity index (χ1v) is 6.70. The third-order valence-electron chi connectivity index (χ3n) is 3.62. The predicted octanol–water partition coefficient (Wildman–Crippen LogP) is 3.59. The van der Waals surface area contributed by atoms with Gasteiger partial charge in [-0.05, 0) is 50.5 Å². The Labute approximate surface area is 123 Å². The molecular formula is C16H17FN4. The molecule has 4 nitrogen and oxygen atoms in total. The van der Waals surface area contributed by atoms with Gasteiger partial charge in [0.25, 0.3) is 0 Å². The average Bonchev–Trinajstić information content (AvgIpc) is 2.46.